The third-order valence-corrected chi connectivity index (χ3v) is 8.13. The Labute approximate surface area is 208 Å². The quantitative estimate of drug-likeness (QED) is 0.348. The molecule has 0 fully saturated rings. The fourth-order valence-corrected chi connectivity index (χ4v) is 6.22. The Morgan fingerprint density at radius 2 is 1.74 bits per heavy atom. The fraction of sp³-hybridized carbons (Fsp3) is 0.188. The van der Waals surface area contributed by atoms with Crippen LogP contribution in [-0.2, 0) is 0 Å². The molecule has 0 aliphatic carbocycles. The van der Waals surface area contributed by atoms with Gasteiger partial charge in [-0.25, -0.2) is 0 Å². The molecular weight excluding hydrogens is 430 g/mol. The van der Waals surface area contributed by atoms with E-state index in [-0.39, 0.29) is 0 Å². The van der Waals surface area contributed by atoms with Crippen molar-refractivity contribution in [1.29, 1.82) is 0 Å². The van der Waals surface area contributed by atoms with Crippen LogP contribution in [0.1, 0.15) is 60.9 Å². The number of fused-ring (bicyclic) bond motifs is 4. The highest BCUT2D eigenvalue weighted by molar-refractivity contribution is 8.02. The summed E-state index contributed by atoms with van der Waals surface area (Å²) in [6, 6.07) is 24.5. The van der Waals surface area contributed by atoms with Crippen molar-refractivity contribution in [3.8, 4) is 0 Å². The van der Waals surface area contributed by atoms with Gasteiger partial charge in [-0.05, 0) is 89.8 Å². The number of thioether (sulfide) groups is 1. The Balaban J connectivity index is 1.64. The maximum Gasteiger partial charge on any atom is 0.0848 e. The molecule has 2 bridgehead atoms. The van der Waals surface area contributed by atoms with Crippen LogP contribution in [0.2, 0.25) is 0 Å². The highest BCUT2D eigenvalue weighted by Gasteiger charge is 2.35. The minimum absolute atomic E-state index is 0.391. The second kappa shape index (κ2) is 9.56. The third-order valence-electron chi connectivity index (χ3n) is 7.10. The van der Waals surface area contributed by atoms with Gasteiger partial charge in [0.1, 0.15) is 0 Å². The fourth-order valence-electron chi connectivity index (χ4n) is 5.08. The van der Waals surface area contributed by atoms with Crippen LogP contribution in [0.15, 0.2) is 90.9 Å². The lowest BCUT2D eigenvalue weighted by atomic mass is 9.86. The molecule has 3 aromatic carbocycles. The van der Waals surface area contributed by atoms with E-state index in [2.05, 4.69) is 123 Å². The van der Waals surface area contributed by atoms with Gasteiger partial charge in [0.2, 0.25) is 0 Å². The number of allylic oxidation sites excluding steroid dienone is 4. The maximum absolute atomic E-state index is 4.08. The average Bonchev–Trinajstić information content (AvgIpc) is 2.89. The minimum Gasteiger partial charge on any atom is -0.328 e. The third kappa shape index (κ3) is 4.08. The number of hydrogen-bond acceptors (Lipinski definition) is 2. The van der Waals surface area contributed by atoms with Crippen LogP contribution in [0, 0.1) is 0 Å². The van der Waals surface area contributed by atoms with E-state index in [9.17, 15) is 0 Å². The van der Waals surface area contributed by atoms with Crippen LogP contribution in [0.3, 0.4) is 0 Å². The summed E-state index contributed by atoms with van der Waals surface area (Å²) in [6.07, 6.45) is 9.70. The zero-order valence-electron chi connectivity index (χ0n) is 20.2. The molecule has 0 radical (unpaired) electrons. The first kappa shape index (κ1) is 22.6. The molecule has 2 heterocycles. The minimum atomic E-state index is 0.391. The molecular formula is C32H31NS. The molecule has 170 valence electrons. The Hall–Kier alpha value is -3.23. The summed E-state index contributed by atoms with van der Waals surface area (Å²) in [5.41, 5.74) is 11.6. The zero-order valence-corrected chi connectivity index (χ0v) is 21.0. The number of hydrogen-bond donors (Lipinski definition) is 0. The Morgan fingerprint density at radius 1 is 0.941 bits per heavy atom. The molecule has 1 nitrogen and oxygen atoms in total. The molecule has 0 saturated carbocycles. The maximum atomic E-state index is 4.08. The molecule has 3 aromatic rings. The smallest absolute Gasteiger partial charge is 0.0848 e. The van der Waals surface area contributed by atoms with Crippen LogP contribution in [-0.4, -0.2) is 5.37 Å². The second-order valence-electron chi connectivity index (χ2n) is 9.04. The van der Waals surface area contributed by atoms with Crippen LogP contribution in [0.4, 0.5) is 11.4 Å². The second-order valence-corrected chi connectivity index (χ2v) is 10.1. The van der Waals surface area contributed by atoms with Crippen molar-refractivity contribution in [2.45, 2.75) is 38.5 Å². The lowest BCUT2D eigenvalue weighted by molar-refractivity contribution is 0.659. The van der Waals surface area contributed by atoms with Gasteiger partial charge in [-0.3, -0.25) is 0 Å². The molecule has 34 heavy (non-hydrogen) atoms. The molecule has 2 aliphatic rings. The van der Waals surface area contributed by atoms with Gasteiger partial charge in [0, 0.05) is 17.3 Å². The van der Waals surface area contributed by atoms with Crippen molar-refractivity contribution in [2.75, 3.05) is 4.90 Å². The normalized spacial score (nSPS) is 19.7. The highest BCUT2D eigenvalue weighted by atomic mass is 32.2. The topological polar surface area (TPSA) is 3.24 Å². The van der Waals surface area contributed by atoms with Gasteiger partial charge in [0.05, 0.1) is 5.37 Å². The summed E-state index contributed by atoms with van der Waals surface area (Å²) in [7, 11) is 0. The van der Waals surface area contributed by atoms with Crippen molar-refractivity contribution >= 4 is 46.4 Å². The summed E-state index contributed by atoms with van der Waals surface area (Å²) in [6.45, 7) is 10.6. The van der Waals surface area contributed by atoms with E-state index in [1.807, 2.05) is 17.8 Å². The molecule has 2 heteroatoms. The van der Waals surface area contributed by atoms with Gasteiger partial charge >= 0.3 is 0 Å². The van der Waals surface area contributed by atoms with Gasteiger partial charge in [-0.2, -0.15) is 0 Å². The van der Waals surface area contributed by atoms with E-state index < -0.39 is 0 Å². The summed E-state index contributed by atoms with van der Waals surface area (Å²) >= 11 is 1.92. The Morgan fingerprint density at radius 3 is 2.50 bits per heavy atom. The van der Waals surface area contributed by atoms with E-state index in [0.29, 0.717) is 11.3 Å². The van der Waals surface area contributed by atoms with Crippen LogP contribution >= 0.6 is 11.8 Å². The molecule has 2 unspecified atom stereocenters. The van der Waals surface area contributed by atoms with Crippen molar-refractivity contribution in [1.82, 2.24) is 0 Å². The van der Waals surface area contributed by atoms with Gasteiger partial charge in [0.25, 0.3) is 0 Å². The lowest BCUT2D eigenvalue weighted by Gasteiger charge is -2.43. The first-order chi connectivity index (χ1) is 16.6. The Kier molecular flexibility index (Phi) is 6.34. The average molecular weight is 462 g/mol. The first-order valence-corrected chi connectivity index (χ1v) is 12.9. The summed E-state index contributed by atoms with van der Waals surface area (Å²) in [5, 5.41) is 2.68. The zero-order chi connectivity index (χ0) is 23.7. The predicted molar refractivity (Wildman–Crippen MR) is 152 cm³/mol. The summed E-state index contributed by atoms with van der Waals surface area (Å²) < 4.78 is 0. The van der Waals surface area contributed by atoms with Crippen molar-refractivity contribution in [3.63, 3.8) is 0 Å². The largest absolute Gasteiger partial charge is 0.328 e. The molecule has 0 spiro atoms. The molecule has 0 saturated heterocycles. The lowest BCUT2D eigenvalue weighted by Crippen LogP contribution is -2.35. The van der Waals surface area contributed by atoms with Crippen LogP contribution in [0.25, 0.3) is 23.3 Å². The van der Waals surface area contributed by atoms with Gasteiger partial charge < -0.3 is 4.90 Å². The Bertz CT molecular complexity index is 1310. The summed E-state index contributed by atoms with van der Waals surface area (Å²) in [5.74, 6) is 0.479. The number of nitrogens with zero attached hydrogens (tertiary/aromatic N) is 1. The molecule has 2 atom stereocenters. The molecule has 5 rings (SSSR count). The standard InChI is InChI=1S/C32H31NS/c1-5-10-26-13-15-29(19-24(26)6-2)33-31-20-27(23(4)22(3)25-11-8-7-9-12-25)14-16-30(31)28-17-18-34-32(33)21-28/h5-20,28,32H,2,21H2,1,3-4H3/b10-5-,23-22-. The number of rotatable bonds is 5. The van der Waals surface area contributed by atoms with E-state index >= 15 is 0 Å². The van der Waals surface area contributed by atoms with Crippen molar-refractivity contribution < 1.29 is 0 Å². The number of benzene rings is 3. The van der Waals surface area contributed by atoms with E-state index in [1.165, 1.54) is 50.3 Å². The van der Waals surface area contributed by atoms with Gasteiger partial charge in [-0.1, -0.05) is 79.4 Å². The molecule has 2 aliphatic heterocycles. The van der Waals surface area contributed by atoms with E-state index in [1.54, 1.807) is 0 Å². The predicted octanol–water partition coefficient (Wildman–Crippen LogP) is 9.53. The molecule has 0 amide bonds. The highest BCUT2D eigenvalue weighted by Crippen LogP contribution is 2.50. The summed E-state index contributed by atoms with van der Waals surface area (Å²) in [4.78, 5) is 2.54. The molecule has 0 aromatic heterocycles. The van der Waals surface area contributed by atoms with E-state index in [4.69, 9.17) is 0 Å². The first-order valence-electron chi connectivity index (χ1n) is 12.0. The van der Waals surface area contributed by atoms with Crippen LogP contribution in [0.5, 0.6) is 0 Å². The van der Waals surface area contributed by atoms with Gasteiger partial charge in [-0.15, -0.1) is 11.8 Å². The van der Waals surface area contributed by atoms with Crippen molar-refractivity contribution in [3.05, 3.63) is 119 Å². The van der Waals surface area contributed by atoms with Crippen LogP contribution < -0.4 is 4.90 Å². The number of anilines is 2. The monoisotopic (exact) mass is 461 g/mol. The van der Waals surface area contributed by atoms with E-state index in [0.717, 1.165) is 6.42 Å². The SMILES string of the molecule is C=Cc1cc(N2c3cc(/C(C)=C(/C)c4ccccc4)ccc3C3C=CSC2C3)ccc1/C=C\C. The molecule has 0 N–H and O–H groups in total. The van der Waals surface area contributed by atoms with Gasteiger partial charge in [0.15, 0.2) is 0 Å². The van der Waals surface area contributed by atoms with Crippen molar-refractivity contribution in [2.24, 2.45) is 0 Å².